The number of anilines is 1. The summed E-state index contributed by atoms with van der Waals surface area (Å²) in [5.74, 6) is 0.880. The molecule has 0 atom stereocenters. The van der Waals surface area contributed by atoms with Crippen molar-refractivity contribution < 1.29 is 28.5 Å². The molecule has 0 aliphatic rings. The fourth-order valence-electron chi connectivity index (χ4n) is 2.79. The van der Waals surface area contributed by atoms with Gasteiger partial charge in [-0.05, 0) is 63.1 Å². The monoisotopic (exact) mass is 430 g/mol. The minimum atomic E-state index is -0.474. The Labute approximate surface area is 182 Å². The number of hydrogen-bond acceptors (Lipinski definition) is 7. The molecule has 2 aromatic rings. The van der Waals surface area contributed by atoms with Crippen LogP contribution in [-0.2, 0) is 16.0 Å². The minimum absolute atomic E-state index is 0.218. The lowest BCUT2D eigenvalue weighted by Crippen LogP contribution is -2.30. The number of hydrogen-bond donors (Lipinski definition) is 2. The van der Waals surface area contributed by atoms with E-state index >= 15 is 0 Å². The molecule has 3 N–H and O–H groups in total. The maximum atomic E-state index is 12.1. The Balaban J connectivity index is 1.86. The highest BCUT2D eigenvalue weighted by atomic mass is 16.5. The van der Waals surface area contributed by atoms with Gasteiger partial charge in [-0.25, -0.2) is 4.79 Å². The number of ether oxygens (including phenoxy) is 4. The number of esters is 1. The van der Waals surface area contributed by atoms with Crippen LogP contribution in [0.3, 0.4) is 0 Å². The molecule has 2 aromatic carbocycles. The van der Waals surface area contributed by atoms with Gasteiger partial charge in [-0.3, -0.25) is 4.79 Å². The number of nitrogen functional groups attached to an aromatic ring is 1. The van der Waals surface area contributed by atoms with E-state index in [1.165, 1.54) is 6.07 Å². The number of rotatable bonds is 12. The third kappa shape index (κ3) is 7.40. The lowest BCUT2D eigenvalue weighted by Gasteiger charge is -2.13. The van der Waals surface area contributed by atoms with Crippen LogP contribution < -0.4 is 25.3 Å². The minimum Gasteiger partial charge on any atom is -0.490 e. The number of amides is 1. The highest BCUT2D eigenvalue weighted by molar-refractivity contribution is 5.90. The van der Waals surface area contributed by atoms with Crippen LogP contribution in [0.15, 0.2) is 36.4 Å². The SMILES string of the molecule is CCOC(=O)c1ccc(N)c(OCC(=O)NCCc2ccc(OCC)c(OCC)c2)c1. The van der Waals surface area contributed by atoms with E-state index in [2.05, 4.69) is 5.32 Å². The van der Waals surface area contributed by atoms with Gasteiger partial charge in [0.25, 0.3) is 5.91 Å². The molecule has 8 heteroatoms. The largest absolute Gasteiger partial charge is 0.490 e. The number of nitrogens with two attached hydrogens (primary N) is 1. The molecule has 0 bridgehead atoms. The van der Waals surface area contributed by atoms with Crippen LogP contribution in [-0.4, -0.2) is 44.8 Å². The highest BCUT2D eigenvalue weighted by Gasteiger charge is 2.12. The van der Waals surface area contributed by atoms with Crippen molar-refractivity contribution in [3.05, 3.63) is 47.5 Å². The third-order valence-electron chi connectivity index (χ3n) is 4.23. The van der Waals surface area contributed by atoms with Crippen LogP contribution >= 0.6 is 0 Å². The van der Waals surface area contributed by atoms with Crippen LogP contribution in [0.25, 0.3) is 0 Å². The summed E-state index contributed by atoms with van der Waals surface area (Å²) in [6, 6.07) is 10.3. The van der Waals surface area contributed by atoms with Gasteiger partial charge in [0, 0.05) is 6.54 Å². The van der Waals surface area contributed by atoms with Crippen molar-refractivity contribution in [2.75, 3.05) is 38.7 Å². The molecule has 2 rings (SSSR count). The molecule has 1 amide bonds. The summed E-state index contributed by atoms with van der Waals surface area (Å²) in [6.45, 7) is 7.13. The van der Waals surface area contributed by atoms with E-state index in [4.69, 9.17) is 24.7 Å². The van der Waals surface area contributed by atoms with Gasteiger partial charge >= 0.3 is 5.97 Å². The number of benzene rings is 2. The van der Waals surface area contributed by atoms with E-state index in [0.717, 1.165) is 5.56 Å². The van der Waals surface area contributed by atoms with Crippen molar-refractivity contribution in [1.82, 2.24) is 5.32 Å². The van der Waals surface area contributed by atoms with E-state index in [1.54, 1.807) is 19.1 Å². The molecule has 0 saturated carbocycles. The summed E-state index contributed by atoms with van der Waals surface area (Å²) < 4.78 is 21.6. The summed E-state index contributed by atoms with van der Waals surface area (Å²) in [5, 5.41) is 2.80. The molecule has 0 heterocycles. The zero-order valence-electron chi connectivity index (χ0n) is 18.2. The van der Waals surface area contributed by atoms with Crippen molar-refractivity contribution in [2.45, 2.75) is 27.2 Å². The number of nitrogens with one attached hydrogen (secondary N) is 1. The molecule has 0 saturated heterocycles. The number of carbonyl (C=O) groups is 2. The fourth-order valence-corrected chi connectivity index (χ4v) is 2.79. The number of carbonyl (C=O) groups excluding carboxylic acids is 2. The van der Waals surface area contributed by atoms with Gasteiger partial charge in [0.05, 0.1) is 31.1 Å². The first-order chi connectivity index (χ1) is 15.0. The van der Waals surface area contributed by atoms with Crippen LogP contribution in [0, 0.1) is 0 Å². The van der Waals surface area contributed by atoms with Crippen molar-refractivity contribution >= 4 is 17.6 Å². The quantitative estimate of drug-likeness (QED) is 0.393. The molecule has 0 fully saturated rings. The van der Waals surface area contributed by atoms with Crippen molar-refractivity contribution in [3.63, 3.8) is 0 Å². The summed E-state index contributed by atoms with van der Waals surface area (Å²) in [4.78, 5) is 24.0. The Morgan fingerprint density at radius 3 is 2.32 bits per heavy atom. The first kappa shape index (κ1) is 23.9. The first-order valence-corrected chi connectivity index (χ1v) is 10.3. The second-order valence-corrected chi connectivity index (χ2v) is 6.51. The smallest absolute Gasteiger partial charge is 0.338 e. The van der Waals surface area contributed by atoms with Gasteiger partial charge in [-0.2, -0.15) is 0 Å². The summed E-state index contributed by atoms with van der Waals surface area (Å²) in [5.41, 5.74) is 7.53. The standard InChI is InChI=1S/C23H30N2O6/c1-4-28-19-10-7-16(13-21(19)29-5-2)11-12-25-22(26)15-31-20-14-17(8-9-18(20)24)23(27)30-6-3/h7-10,13-14H,4-6,11-12,15,24H2,1-3H3,(H,25,26). The average molecular weight is 431 g/mol. The van der Waals surface area contributed by atoms with Crippen LogP contribution in [0.2, 0.25) is 0 Å². The Hall–Kier alpha value is -3.42. The van der Waals surface area contributed by atoms with Crippen molar-refractivity contribution in [3.8, 4) is 17.2 Å². The predicted molar refractivity (Wildman–Crippen MR) is 118 cm³/mol. The Bertz CT molecular complexity index is 884. The topological polar surface area (TPSA) is 109 Å². The van der Waals surface area contributed by atoms with E-state index in [0.29, 0.717) is 48.9 Å². The van der Waals surface area contributed by atoms with Crippen LogP contribution in [0.1, 0.15) is 36.7 Å². The molecular weight excluding hydrogens is 400 g/mol. The molecule has 0 aromatic heterocycles. The molecule has 8 nitrogen and oxygen atoms in total. The maximum Gasteiger partial charge on any atom is 0.338 e. The lowest BCUT2D eigenvalue weighted by atomic mass is 10.1. The third-order valence-corrected chi connectivity index (χ3v) is 4.23. The van der Waals surface area contributed by atoms with Crippen molar-refractivity contribution in [1.29, 1.82) is 0 Å². The average Bonchev–Trinajstić information content (AvgIpc) is 2.75. The van der Waals surface area contributed by atoms with E-state index in [-0.39, 0.29) is 24.9 Å². The first-order valence-electron chi connectivity index (χ1n) is 10.3. The van der Waals surface area contributed by atoms with E-state index < -0.39 is 5.97 Å². The summed E-state index contributed by atoms with van der Waals surface area (Å²) in [6.07, 6.45) is 0.624. The molecule has 31 heavy (non-hydrogen) atoms. The molecular formula is C23H30N2O6. The molecule has 168 valence electrons. The second-order valence-electron chi connectivity index (χ2n) is 6.51. The van der Waals surface area contributed by atoms with E-state index in [1.807, 2.05) is 32.0 Å². The van der Waals surface area contributed by atoms with Crippen LogP contribution in [0.5, 0.6) is 17.2 Å². The Morgan fingerprint density at radius 2 is 1.61 bits per heavy atom. The fraction of sp³-hybridized carbons (Fsp3) is 0.391. The zero-order chi connectivity index (χ0) is 22.6. The summed E-state index contributed by atoms with van der Waals surface area (Å²) >= 11 is 0. The lowest BCUT2D eigenvalue weighted by molar-refractivity contribution is -0.123. The molecule has 0 spiro atoms. The highest BCUT2D eigenvalue weighted by Crippen LogP contribution is 2.28. The predicted octanol–water partition coefficient (Wildman–Crippen LogP) is 2.98. The van der Waals surface area contributed by atoms with Gasteiger partial charge in [-0.1, -0.05) is 6.07 Å². The van der Waals surface area contributed by atoms with Gasteiger partial charge in [-0.15, -0.1) is 0 Å². The summed E-state index contributed by atoms with van der Waals surface area (Å²) in [7, 11) is 0. The zero-order valence-corrected chi connectivity index (χ0v) is 18.2. The van der Waals surface area contributed by atoms with Gasteiger partial charge < -0.3 is 30.0 Å². The van der Waals surface area contributed by atoms with Crippen LogP contribution in [0.4, 0.5) is 5.69 Å². The molecule has 0 unspecified atom stereocenters. The Kier molecular flexibility index (Phi) is 9.48. The Morgan fingerprint density at radius 1 is 0.871 bits per heavy atom. The van der Waals surface area contributed by atoms with Crippen molar-refractivity contribution in [2.24, 2.45) is 0 Å². The maximum absolute atomic E-state index is 12.1. The van der Waals surface area contributed by atoms with Gasteiger partial charge in [0.15, 0.2) is 18.1 Å². The normalized spacial score (nSPS) is 10.3. The second kappa shape index (κ2) is 12.3. The molecule has 0 aliphatic carbocycles. The van der Waals surface area contributed by atoms with Gasteiger partial charge in [0.1, 0.15) is 5.75 Å². The molecule has 0 aliphatic heterocycles. The van der Waals surface area contributed by atoms with Gasteiger partial charge in [0.2, 0.25) is 0 Å². The van der Waals surface area contributed by atoms with E-state index in [9.17, 15) is 9.59 Å². The molecule has 0 radical (unpaired) electrons.